The second-order valence-corrected chi connectivity index (χ2v) is 2.71. The first-order chi connectivity index (χ1) is 5.77. The van der Waals surface area contributed by atoms with E-state index in [1.165, 1.54) is 0 Å². The third-order valence-electron chi connectivity index (χ3n) is 1.77. The molecule has 1 aromatic rings. The van der Waals surface area contributed by atoms with Gasteiger partial charge in [-0.1, -0.05) is 5.16 Å². The first kappa shape index (κ1) is 7.36. The summed E-state index contributed by atoms with van der Waals surface area (Å²) in [5, 5.41) is 5.44. The molecular formula is C8H9N2O2. The van der Waals surface area contributed by atoms with Crippen LogP contribution in [-0.2, 0) is 4.84 Å². The van der Waals surface area contributed by atoms with Gasteiger partial charge >= 0.3 is 0 Å². The molecule has 1 aliphatic rings. The molecule has 0 N–H and O–H groups in total. The summed E-state index contributed by atoms with van der Waals surface area (Å²) in [5.74, 6) is 0. The van der Waals surface area contributed by atoms with Crippen LogP contribution in [0.15, 0.2) is 16.8 Å². The van der Waals surface area contributed by atoms with E-state index in [-0.39, 0.29) is 6.10 Å². The number of rotatable bonds is 1. The molecule has 0 saturated carbocycles. The zero-order valence-corrected chi connectivity index (χ0v) is 6.94. The van der Waals surface area contributed by atoms with Gasteiger partial charge in [0.1, 0.15) is 11.8 Å². The van der Waals surface area contributed by atoms with Crippen molar-refractivity contribution in [3.05, 3.63) is 24.2 Å². The fourth-order valence-electron chi connectivity index (χ4n) is 1.23. The number of nitrogens with zero attached hydrogens (tertiary/aromatic N) is 2. The molecular weight excluding hydrogens is 156 g/mol. The van der Waals surface area contributed by atoms with Crippen LogP contribution in [0.3, 0.4) is 0 Å². The summed E-state index contributed by atoms with van der Waals surface area (Å²) < 4.78 is 4.62. The van der Waals surface area contributed by atoms with E-state index in [9.17, 15) is 0 Å². The maximum absolute atomic E-state index is 5.34. The lowest BCUT2D eigenvalue weighted by molar-refractivity contribution is -0.102. The van der Waals surface area contributed by atoms with Gasteiger partial charge in [-0.05, 0) is 6.92 Å². The smallest absolute Gasteiger partial charge is 0.205 e. The monoisotopic (exact) mass is 165 g/mol. The van der Waals surface area contributed by atoms with Crippen molar-refractivity contribution in [1.82, 2.24) is 10.2 Å². The minimum Gasteiger partial charge on any atom is -0.352 e. The molecule has 0 fully saturated rings. The van der Waals surface area contributed by atoms with Gasteiger partial charge in [-0.15, -0.1) is 0 Å². The lowest BCUT2D eigenvalue weighted by atomic mass is 10.1. The predicted octanol–water partition coefficient (Wildman–Crippen LogP) is 1.08. The van der Waals surface area contributed by atoms with Crippen molar-refractivity contribution in [2.24, 2.45) is 0 Å². The molecule has 1 aliphatic heterocycles. The highest BCUT2D eigenvalue weighted by molar-refractivity contribution is 5.65. The lowest BCUT2D eigenvalue weighted by Gasteiger charge is -2.08. The Labute approximate surface area is 70.4 Å². The fourth-order valence-corrected chi connectivity index (χ4v) is 1.23. The standard InChI is InChI=1S/C8H9N2O2/c1-6-7(5-10(2)12-6)8-3-4-11-9-8/h3,5-6H,1-2H3. The molecule has 12 heavy (non-hydrogen) atoms. The highest BCUT2D eigenvalue weighted by Gasteiger charge is 2.22. The van der Waals surface area contributed by atoms with E-state index in [0.29, 0.717) is 0 Å². The summed E-state index contributed by atoms with van der Waals surface area (Å²) in [6, 6.07) is 1.70. The Morgan fingerprint density at radius 2 is 2.50 bits per heavy atom. The number of hydroxylamine groups is 2. The maximum Gasteiger partial charge on any atom is 0.205 e. The van der Waals surface area contributed by atoms with Crippen LogP contribution in [0.5, 0.6) is 0 Å². The molecule has 2 rings (SSSR count). The Morgan fingerprint density at radius 1 is 1.67 bits per heavy atom. The van der Waals surface area contributed by atoms with Crippen molar-refractivity contribution in [2.75, 3.05) is 7.05 Å². The summed E-state index contributed by atoms with van der Waals surface area (Å²) in [6.07, 6.45) is 4.46. The molecule has 0 aliphatic carbocycles. The molecule has 0 spiro atoms. The van der Waals surface area contributed by atoms with Gasteiger partial charge in [0.2, 0.25) is 6.26 Å². The second-order valence-electron chi connectivity index (χ2n) is 2.71. The quantitative estimate of drug-likeness (QED) is 0.624. The Bertz CT molecular complexity index is 292. The van der Waals surface area contributed by atoms with Gasteiger partial charge in [-0.2, -0.15) is 0 Å². The van der Waals surface area contributed by atoms with Crippen LogP contribution in [0, 0.1) is 6.26 Å². The van der Waals surface area contributed by atoms with Gasteiger partial charge in [-0.3, -0.25) is 9.90 Å². The predicted molar refractivity (Wildman–Crippen MR) is 41.6 cm³/mol. The van der Waals surface area contributed by atoms with Crippen molar-refractivity contribution in [3.63, 3.8) is 0 Å². The molecule has 1 aromatic heterocycles. The normalized spacial score (nSPS) is 23.0. The molecule has 1 radical (unpaired) electrons. The zero-order chi connectivity index (χ0) is 8.55. The summed E-state index contributed by atoms with van der Waals surface area (Å²) in [5.41, 5.74) is 1.80. The van der Waals surface area contributed by atoms with E-state index in [0.717, 1.165) is 11.3 Å². The summed E-state index contributed by atoms with van der Waals surface area (Å²) in [6.45, 7) is 1.96. The van der Waals surface area contributed by atoms with Crippen LogP contribution in [-0.4, -0.2) is 23.4 Å². The molecule has 63 valence electrons. The second kappa shape index (κ2) is 2.64. The molecule has 0 saturated heterocycles. The van der Waals surface area contributed by atoms with Crippen LogP contribution in [0.1, 0.15) is 12.6 Å². The number of hydrogen-bond acceptors (Lipinski definition) is 4. The fraction of sp³-hybridized carbons (Fsp3) is 0.375. The first-order valence-corrected chi connectivity index (χ1v) is 3.72. The Kier molecular flexibility index (Phi) is 1.62. The molecule has 4 nitrogen and oxygen atoms in total. The Morgan fingerprint density at radius 3 is 3.00 bits per heavy atom. The largest absolute Gasteiger partial charge is 0.352 e. The highest BCUT2D eigenvalue weighted by Crippen LogP contribution is 2.25. The Balaban J connectivity index is 2.30. The van der Waals surface area contributed by atoms with E-state index < -0.39 is 0 Å². The third-order valence-corrected chi connectivity index (χ3v) is 1.77. The minimum absolute atomic E-state index is 0.0356. The minimum atomic E-state index is 0.0356. The van der Waals surface area contributed by atoms with Gasteiger partial charge in [-0.25, -0.2) is 0 Å². The molecule has 0 amide bonds. The first-order valence-electron chi connectivity index (χ1n) is 3.72. The van der Waals surface area contributed by atoms with Crippen LogP contribution in [0.2, 0.25) is 0 Å². The number of hydrogen-bond donors (Lipinski definition) is 0. The van der Waals surface area contributed by atoms with Gasteiger partial charge in [0.25, 0.3) is 0 Å². The summed E-state index contributed by atoms with van der Waals surface area (Å²) in [7, 11) is 1.84. The number of aromatic nitrogens is 1. The van der Waals surface area contributed by atoms with E-state index in [4.69, 9.17) is 4.84 Å². The Hall–Kier alpha value is -1.29. The molecule has 2 heterocycles. The summed E-state index contributed by atoms with van der Waals surface area (Å²) >= 11 is 0. The van der Waals surface area contributed by atoms with E-state index in [2.05, 4.69) is 15.9 Å². The van der Waals surface area contributed by atoms with E-state index in [1.54, 1.807) is 11.1 Å². The molecule has 1 atom stereocenters. The molecule has 0 aromatic carbocycles. The third kappa shape index (κ3) is 1.10. The SMILES string of the molecule is CC1ON(C)C=C1c1c[c]on1. The van der Waals surface area contributed by atoms with Crippen molar-refractivity contribution in [3.8, 4) is 0 Å². The van der Waals surface area contributed by atoms with Crippen molar-refractivity contribution in [2.45, 2.75) is 13.0 Å². The molecule has 1 unspecified atom stereocenters. The van der Waals surface area contributed by atoms with Crippen LogP contribution in [0.4, 0.5) is 0 Å². The molecule has 0 bridgehead atoms. The van der Waals surface area contributed by atoms with Gasteiger partial charge in [0.05, 0.1) is 0 Å². The van der Waals surface area contributed by atoms with Crippen LogP contribution >= 0.6 is 0 Å². The van der Waals surface area contributed by atoms with Gasteiger partial charge < -0.3 is 4.52 Å². The van der Waals surface area contributed by atoms with Crippen LogP contribution in [0.25, 0.3) is 5.57 Å². The summed E-state index contributed by atoms with van der Waals surface area (Å²) in [4.78, 5) is 5.34. The van der Waals surface area contributed by atoms with Gasteiger partial charge in [0.15, 0.2) is 0 Å². The van der Waals surface area contributed by atoms with Crippen LogP contribution < -0.4 is 0 Å². The topological polar surface area (TPSA) is 38.5 Å². The highest BCUT2D eigenvalue weighted by atomic mass is 16.7. The van der Waals surface area contributed by atoms with Crippen molar-refractivity contribution in [1.29, 1.82) is 0 Å². The van der Waals surface area contributed by atoms with Gasteiger partial charge in [0, 0.05) is 24.9 Å². The van der Waals surface area contributed by atoms with Crippen molar-refractivity contribution >= 4 is 5.57 Å². The van der Waals surface area contributed by atoms with E-state index in [1.807, 2.05) is 20.2 Å². The molecule has 4 heteroatoms. The zero-order valence-electron chi connectivity index (χ0n) is 6.94. The lowest BCUT2D eigenvalue weighted by Crippen LogP contribution is -2.11. The average Bonchev–Trinajstić information content (AvgIpc) is 2.58. The average molecular weight is 165 g/mol. The van der Waals surface area contributed by atoms with Crippen molar-refractivity contribution < 1.29 is 9.36 Å². The maximum atomic E-state index is 5.34. The van der Waals surface area contributed by atoms with E-state index >= 15 is 0 Å².